The number of rotatable bonds is 6. The zero-order valence-electron chi connectivity index (χ0n) is 16.7. The van der Waals surface area contributed by atoms with E-state index in [2.05, 4.69) is 23.7 Å². The number of carbonyl (C=O) groups is 1. The summed E-state index contributed by atoms with van der Waals surface area (Å²) in [5.41, 5.74) is 0.992. The molecule has 0 N–H and O–H groups in total. The number of hydrogen-bond donors (Lipinski definition) is 0. The Balaban J connectivity index is 1.48. The first-order valence-corrected chi connectivity index (χ1v) is 11.1. The van der Waals surface area contributed by atoms with Gasteiger partial charge in [-0.15, -0.1) is 11.8 Å². The normalized spacial score (nSPS) is 14.6. The molecule has 0 atom stereocenters. The third kappa shape index (κ3) is 5.61. The lowest BCUT2D eigenvalue weighted by Crippen LogP contribution is -2.49. The summed E-state index contributed by atoms with van der Waals surface area (Å²) in [5.74, 6) is 3.17. The smallest absolute Gasteiger partial charge is 0.223 e. The molecular formula is C21H27ClN4OS. The number of nitrogens with zero attached hydrogens (tertiary/aromatic N) is 4. The Morgan fingerprint density at radius 3 is 2.46 bits per heavy atom. The van der Waals surface area contributed by atoms with Crippen LogP contribution < -0.4 is 4.90 Å². The molecule has 1 aromatic heterocycles. The number of hydrogen-bond acceptors (Lipinski definition) is 5. The third-order valence-corrected chi connectivity index (χ3v) is 5.99. The Morgan fingerprint density at radius 1 is 1.14 bits per heavy atom. The molecule has 0 bridgehead atoms. The number of benzene rings is 1. The molecule has 1 fully saturated rings. The van der Waals surface area contributed by atoms with E-state index in [9.17, 15) is 4.79 Å². The maximum absolute atomic E-state index is 12.5. The highest BCUT2D eigenvalue weighted by molar-refractivity contribution is 7.99. The van der Waals surface area contributed by atoms with Crippen LogP contribution in [0.5, 0.6) is 0 Å². The van der Waals surface area contributed by atoms with E-state index >= 15 is 0 Å². The minimum atomic E-state index is 0.225. The topological polar surface area (TPSA) is 49.3 Å². The van der Waals surface area contributed by atoms with E-state index in [0.29, 0.717) is 12.3 Å². The van der Waals surface area contributed by atoms with Crippen LogP contribution in [0.1, 0.15) is 37.7 Å². The molecule has 1 aliphatic rings. The van der Waals surface area contributed by atoms with E-state index in [4.69, 9.17) is 16.6 Å². The predicted molar refractivity (Wildman–Crippen MR) is 116 cm³/mol. The van der Waals surface area contributed by atoms with Gasteiger partial charge in [0.1, 0.15) is 11.6 Å². The lowest BCUT2D eigenvalue weighted by Gasteiger charge is -2.35. The largest absolute Gasteiger partial charge is 0.353 e. The van der Waals surface area contributed by atoms with Crippen LogP contribution in [0.25, 0.3) is 0 Å². The molecule has 2 heterocycles. The van der Waals surface area contributed by atoms with Crippen molar-refractivity contribution in [1.29, 1.82) is 0 Å². The molecule has 0 saturated carbocycles. The zero-order chi connectivity index (χ0) is 20.1. The van der Waals surface area contributed by atoms with Gasteiger partial charge in [0.15, 0.2) is 0 Å². The van der Waals surface area contributed by atoms with Gasteiger partial charge in [-0.1, -0.05) is 25.4 Å². The average Bonchev–Trinajstić information content (AvgIpc) is 2.69. The predicted octanol–water partition coefficient (Wildman–Crippen LogP) is 4.39. The average molecular weight is 419 g/mol. The highest BCUT2D eigenvalue weighted by Gasteiger charge is 2.22. The molecule has 0 radical (unpaired) electrons. The first kappa shape index (κ1) is 20.9. The van der Waals surface area contributed by atoms with Gasteiger partial charge in [0.05, 0.1) is 0 Å². The lowest BCUT2D eigenvalue weighted by atomic mass is 10.2. The molecule has 0 spiro atoms. The van der Waals surface area contributed by atoms with E-state index in [1.807, 2.05) is 42.2 Å². The van der Waals surface area contributed by atoms with Gasteiger partial charge >= 0.3 is 0 Å². The van der Waals surface area contributed by atoms with Gasteiger partial charge in [-0.3, -0.25) is 4.79 Å². The third-order valence-electron chi connectivity index (χ3n) is 4.73. The summed E-state index contributed by atoms with van der Waals surface area (Å²) in [5, 5.41) is 0.734. The zero-order valence-corrected chi connectivity index (χ0v) is 18.3. The van der Waals surface area contributed by atoms with Gasteiger partial charge in [-0.05, 0) is 31.2 Å². The number of thioether (sulfide) groups is 1. The van der Waals surface area contributed by atoms with Crippen molar-refractivity contribution in [2.75, 3.05) is 36.8 Å². The van der Waals surface area contributed by atoms with Gasteiger partial charge in [0, 0.05) is 65.9 Å². The van der Waals surface area contributed by atoms with Gasteiger partial charge in [-0.2, -0.15) is 0 Å². The van der Waals surface area contributed by atoms with Crippen molar-refractivity contribution < 1.29 is 4.79 Å². The monoisotopic (exact) mass is 418 g/mol. The molecule has 1 saturated heterocycles. The van der Waals surface area contributed by atoms with Crippen LogP contribution in [0, 0.1) is 6.92 Å². The Morgan fingerprint density at radius 2 is 1.82 bits per heavy atom. The lowest BCUT2D eigenvalue weighted by molar-refractivity contribution is -0.131. The molecule has 0 aliphatic carbocycles. The molecular weight excluding hydrogens is 392 g/mol. The SMILES string of the molecule is Cc1cc(N2CCN(C(=O)CCSc3ccc(Cl)cc3)CC2)nc(C(C)C)n1. The van der Waals surface area contributed by atoms with Gasteiger partial charge in [-0.25, -0.2) is 9.97 Å². The first-order valence-electron chi connectivity index (χ1n) is 9.69. The summed E-state index contributed by atoms with van der Waals surface area (Å²) in [4.78, 5) is 27.1. The van der Waals surface area contributed by atoms with Crippen LogP contribution in [0.15, 0.2) is 35.2 Å². The van der Waals surface area contributed by atoms with E-state index in [1.54, 1.807) is 11.8 Å². The molecule has 0 unspecified atom stereocenters. The molecule has 1 aliphatic heterocycles. The number of anilines is 1. The van der Waals surface area contributed by atoms with Crippen molar-refractivity contribution in [3.63, 3.8) is 0 Å². The molecule has 1 aromatic carbocycles. The number of amides is 1. The van der Waals surface area contributed by atoms with Crippen LogP contribution >= 0.6 is 23.4 Å². The van der Waals surface area contributed by atoms with Crippen molar-refractivity contribution in [2.45, 2.75) is 38.0 Å². The van der Waals surface area contributed by atoms with Crippen LogP contribution in [0.3, 0.4) is 0 Å². The fourth-order valence-corrected chi connectivity index (χ4v) is 4.09. The van der Waals surface area contributed by atoms with Crippen molar-refractivity contribution in [3.8, 4) is 0 Å². The summed E-state index contributed by atoms with van der Waals surface area (Å²) >= 11 is 7.60. The standard InChI is InChI=1S/C21H27ClN4OS/c1-15(2)21-23-16(3)14-19(24-21)25-9-11-26(12-10-25)20(27)8-13-28-18-6-4-17(22)5-7-18/h4-7,14-15H,8-13H2,1-3H3. The molecule has 3 rings (SSSR count). The van der Waals surface area contributed by atoms with Gasteiger partial charge in [0.25, 0.3) is 0 Å². The summed E-state index contributed by atoms with van der Waals surface area (Å²) in [6.07, 6.45) is 0.553. The molecule has 28 heavy (non-hydrogen) atoms. The molecule has 7 heteroatoms. The van der Waals surface area contributed by atoms with Crippen LogP contribution in [0.2, 0.25) is 5.02 Å². The summed E-state index contributed by atoms with van der Waals surface area (Å²) in [6.45, 7) is 9.33. The number of piperazine rings is 1. The Labute approximate surface area is 176 Å². The molecule has 5 nitrogen and oxygen atoms in total. The quantitative estimate of drug-likeness (QED) is 0.651. The second kappa shape index (κ2) is 9.61. The Kier molecular flexibility index (Phi) is 7.18. The van der Waals surface area contributed by atoms with Gasteiger partial charge < -0.3 is 9.80 Å². The van der Waals surface area contributed by atoms with Crippen LogP contribution in [-0.2, 0) is 4.79 Å². The Hall–Kier alpha value is -1.79. The van der Waals surface area contributed by atoms with Crippen molar-refractivity contribution >= 4 is 35.1 Å². The van der Waals surface area contributed by atoms with Crippen molar-refractivity contribution in [2.24, 2.45) is 0 Å². The van der Waals surface area contributed by atoms with Crippen LogP contribution in [-0.4, -0.2) is 52.7 Å². The van der Waals surface area contributed by atoms with E-state index in [1.165, 1.54) is 0 Å². The minimum Gasteiger partial charge on any atom is -0.353 e. The van der Waals surface area contributed by atoms with Crippen molar-refractivity contribution in [1.82, 2.24) is 14.9 Å². The first-order chi connectivity index (χ1) is 13.4. The number of carbonyl (C=O) groups excluding carboxylic acids is 1. The summed E-state index contributed by atoms with van der Waals surface area (Å²) in [7, 11) is 0. The minimum absolute atomic E-state index is 0.225. The fraction of sp³-hybridized carbons (Fsp3) is 0.476. The second-order valence-corrected chi connectivity index (χ2v) is 8.91. The maximum Gasteiger partial charge on any atom is 0.223 e. The summed E-state index contributed by atoms with van der Waals surface area (Å²) in [6, 6.07) is 9.78. The highest BCUT2D eigenvalue weighted by Crippen LogP contribution is 2.22. The number of aryl methyl sites for hydroxylation is 1. The summed E-state index contributed by atoms with van der Waals surface area (Å²) < 4.78 is 0. The Bertz CT molecular complexity index is 805. The van der Waals surface area contributed by atoms with Gasteiger partial charge in [0.2, 0.25) is 5.91 Å². The van der Waals surface area contributed by atoms with Crippen LogP contribution in [0.4, 0.5) is 5.82 Å². The van der Waals surface area contributed by atoms with E-state index in [0.717, 1.165) is 59.2 Å². The molecule has 150 valence electrons. The van der Waals surface area contributed by atoms with Crippen molar-refractivity contribution in [3.05, 3.63) is 46.9 Å². The molecule has 1 amide bonds. The highest BCUT2D eigenvalue weighted by atomic mass is 35.5. The maximum atomic E-state index is 12.5. The number of halogens is 1. The van der Waals surface area contributed by atoms with E-state index < -0.39 is 0 Å². The molecule has 2 aromatic rings. The number of aromatic nitrogens is 2. The second-order valence-electron chi connectivity index (χ2n) is 7.30. The van der Waals surface area contributed by atoms with E-state index in [-0.39, 0.29) is 5.91 Å². The fourth-order valence-electron chi connectivity index (χ4n) is 3.12.